The van der Waals surface area contributed by atoms with Crippen LogP contribution in [0.4, 0.5) is 0 Å². The van der Waals surface area contributed by atoms with Gasteiger partial charge in [0, 0.05) is 12.1 Å². The van der Waals surface area contributed by atoms with Gasteiger partial charge in [0.25, 0.3) is 0 Å². The Morgan fingerprint density at radius 1 is 1.00 bits per heavy atom. The molecule has 0 amide bonds. The molecule has 0 aliphatic carbocycles. The topological polar surface area (TPSA) is 12.0 Å². The molecule has 0 fully saturated rings. The van der Waals surface area contributed by atoms with E-state index in [9.17, 15) is 0 Å². The van der Waals surface area contributed by atoms with Crippen molar-refractivity contribution in [3.8, 4) is 0 Å². The van der Waals surface area contributed by atoms with Gasteiger partial charge < -0.3 is 5.32 Å². The Hall–Kier alpha value is -0.300. The highest BCUT2D eigenvalue weighted by molar-refractivity contribution is 5.10. The molecule has 1 N–H and O–H groups in total. The van der Waals surface area contributed by atoms with Crippen LogP contribution in [0, 0.1) is 17.3 Å². The summed E-state index contributed by atoms with van der Waals surface area (Å²) in [5.41, 5.74) is 2.07. The Balaban J connectivity index is 4.70. The predicted molar refractivity (Wildman–Crippen MR) is 79.3 cm³/mol. The molecule has 0 rings (SSSR count). The molecule has 0 saturated carbocycles. The summed E-state index contributed by atoms with van der Waals surface area (Å²) in [5, 5.41) is 3.59. The molecule has 0 aliphatic rings. The first-order chi connectivity index (χ1) is 7.43. The van der Waals surface area contributed by atoms with Crippen molar-refractivity contribution >= 4 is 0 Å². The fourth-order valence-corrected chi connectivity index (χ4v) is 1.39. The molecule has 17 heavy (non-hydrogen) atoms. The van der Waals surface area contributed by atoms with Crippen molar-refractivity contribution in [2.24, 2.45) is 17.3 Å². The van der Waals surface area contributed by atoms with Crippen LogP contribution in [-0.2, 0) is 0 Å². The second-order valence-electron chi connectivity index (χ2n) is 7.65. The van der Waals surface area contributed by atoms with Crippen molar-refractivity contribution in [1.82, 2.24) is 5.32 Å². The van der Waals surface area contributed by atoms with E-state index in [1.807, 2.05) is 0 Å². The summed E-state index contributed by atoms with van der Waals surface area (Å²) < 4.78 is 0. The molecule has 0 spiro atoms. The molecule has 1 unspecified atom stereocenters. The minimum atomic E-state index is 0.193. The molecule has 1 atom stereocenters. The summed E-state index contributed by atoms with van der Waals surface area (Å²) in [6, 6.07) is 0. The fraction of sp³-hybridized carbons (Fsp3) is 0.875. The maximum Gasteiger partial charge on any atom is 0.0172 e. The lowest BCUT2D eigenvalue weighted by Crippen LogP contribution is -2.37. The Morgan fingerprint density at radius 3 is 1.76 bits per heavy atom. The zero-order valence-corrected chi connectivity index (χ0v) is 13.4. The minimum Gasteiger partial charge on any atom is -0.308 e. The van der Waals surface area contributed by atoms with Gasteiger partial charge in [-0.15, -0.1) is 0 Å². The molecule has 0 aromatic carbocycles. The summed E-state index contributed by atoms with van der Waals surface area (Å²) in [5.74, 6) is 1.23. The summed E-state index contributed by atoms with van der Waals surface area (Å²) >= 11 is 0. The van der Waals surface area contributed by atoms with Crippen molar-refractivity contribution in [3.63, 3.8) is 0 Å². The summed E-state index contributed by atoms with van der Waals surface area (Å²) in [7, 11) is 0. The summed E-state index contributed by atoms with van der Waals surface area (Å²) in [6.07, 6.45) is 2.46. The molecule has 0 heterocycles. The third-order valence-electron chi connectivity index (χ3n) is 3.39. The molecule has 0 aliphatic heterocycles. The van der Waals surface area contributed by atoms with Crippen LogP contribution >= 0.6 is 0 Å². The van der Waals surface area contributed by atoms with Crippen molar-refractivity contribution in [3.05, 3.63) is 11.6 Å². The van der Waals surface area contributed by atoms with Crippen LogP contribution in [0.15, 0.2) is 11.6 Å². The van der Waals surface area contributed by atoms with E-state index in [4.69, 9.17) is 0 Å². The number of nitrogens with one attached hydrogen (secondary N) is 1. The van der Waals surface area contributed by atoms with Gasteiger partial charge in [-0.25, -0.2) is 0 Å². The van der Waals surface area contributed by atoms with E-state index in [0.29, 0.717) is 17.3 Å². The molecule has 0 aromatic rings. The highest BCUT2D eigenvalue weighted by Crippen LogP contribution is 2.28. The monoisotopic (exact) mass is 239 g/mol. The Bertz CT molecular complexity index is 248. The van der Waals surface area contributed by atoms with Gasteiger partial charge in [0.1, 0.15) is 0 Å². The van der Waals surface area contributed by atoms with Gasteiger partial charge in [-0.05, 0) is 38.0 Å². The van der Waals surface area contributed by atoms with Crippen LogP contribution in [0.5, 0.6) is 0 Å². The molecule has 0 aromatic heterocycles. The molecule has 1 heteroatoms. The van der Waals surface area contributed by atoms with E-state index >= 15 is 0 Å². The van der Waals surface area contributed by atoms with Crippen LogP contribution < -0.4 is 5.32 Å². The van der Waals surface area contributed by atoms with E-state index in [1.165, 1.54) is 5.57 Å². The lowest BCUT2D eigenvalue weighted by Gasteiger charge is -2.28. The predicted octanol–water partition coefficient (Wildman–Crippen LogP) is 4.64. The van der Waals surface area contributed by atoms with Gasteiger partial charge in [0.2, 0.25) is 0 Å². The van der Waals surface area contributed by atoms with E-state index < -0.39 is 0 Å². The first-order valence-electron chi connectivity index (χ1n) is 6.89. The van der Waals surface area contributed by atoms with E-state index in [2.05, 4.69) is 73.7 Å². The molecule has 0 bridgehead atoms. The summed E-state index contributed by atoms with van der Waals surface area (Å²) in [4.78, 5) is 0. The smallest absolute Gasteiger partial charge is 0.0172 e. The molecule has 1 nitrogen and oxygen atoms in total. The third kappa shape index (κ3) is 7.59. The van der Waals surface area contributed by atoms with Crippen molar-refractivity contribution in [2.45, 2.75) is 67.9 Å². The average molecular weight is 239 g/mol. The van der Waals surface area contributed by atoms with Crippen molar-refractivity contribution in [1.29, 1.82) is 0 Å². The fourth-order valence-electron chi connectivity index (χ4n) is 1.39. The van der Waals surface area contributed by atoms with Gasteiger partial charge in [0.15, 0.2) is 0 Å². The average Bonchev–Trinajstić information content (AvgIpc) is 2.07. The lowest BCUT2D eigenvalue weighted by atomic mass is 9.80. The molecular weight excluding hydrogens is 206 g/mol. The number of allylic oxidation sites excluding steroid dienone is 1. The first-order valence-corrected chi connectivity index (χ1v) is 6.89. The van der Waals surface area contributed by atoms with Gasteiger partial charge >= 0.3 is 0 Å². The number of rotatable bonds is 4. The van der Waals surface area contributed by atoms with Crippen molar-refractivity contribution in [2.75, 3.05) is 6.54 Å². The number of hydrogen-bond acceptors (Lipinski definition) is 1. The maximum atomic E-state index is 3.59. The molecule has 102 valence electrons. The molecule has 0 radical (unpaired) electrons. The second kappa shape index (κ2) is 6.04. The Kier molecular flexibility index (Phi) is 5.93. The highest BCUT2D eigenvalue weighted by atomic mass is 14.9. The van der Waals surface area contributed by atoms with E-state index in [-0.39, 0.29) is 5.54 Å². The van der Waals surface area contributed by atoms with Gasteiger partial charge in [0.05, 0.1) is 0 Å². The van der Waals surface area contributed by atoms with E-state index in [0.717, 1.165) is 6.54 Å². The zero-order chi connectivity index (χ0) is 13.9. The number of hydrogen-bond donors (Lipinski definition) is 1. The SMILES string of the molecule is CC(C)C(=CC(C)C(C)(C)C)CNC(C)(C)C. The largest absolute Gasteiger partial charge is 0.308 e. The summed E-state index contributed by atoms with van der Waals surface area (Å²) in [6.45, 7) is 21.5. The third-order valence-corrected chi connectivity index (χ3v) is 3.39. The van der Waals surface area contributed by atoms with Crippen LogP contribution in [0.3, 0.4) is 0 Å². The van der Waals surface area contributed by atoms with Crippen molar-refractivity contribution < 1.29 is 0 Å². The zero-order valence-electron chi connectivity index (χ0n) is 13.4. The van der Waals surface area contributed by atoms with Crippen LogP contribution in [0.25, 0.3) is 0 Å². The maximum absolute atomic E-state index is 3.59. The van der Waals surface area contributed by atoms with Crippen LogP contribution in [-0.4, -0.2) is 12.1 Å². The van der Waals surface area contributed by atoms with Gasteiger partial charge in [-0.2, -0.15) is 0 Å². The van der Waals surface area contributed by atoms with E-state index in [1.54, 1.807) is 0 Å². The van der Waals surface area contributed by atoms with Crippen LogP contribution in [0.1, 0.15) is 62.3 Å². The van der Waals surface area contributed by atoms with Gasteiger partial charge in [-0.1, -0.05) is 53.2 Å². The Labute approximate surface area is 109 Å². The Morgan fingerprint density at radius 2 is 1.47 bits per heavy atom. The minimum absolute atomic E-state index is 0.193. The lowest BCUT2D eigenvalue weighted by molar-refractivity contribution is 0.311. The standard InChI is InChI=1S/C16H33N/c1-12(2)14(11-17-16(7,8)9)10-13(3)15(4,5)6/h10,12-13,17H,11H2,1-9H3. The first kappa shape index (κ1) is 16.7. The molecular formula is C16H33N. The van der Waals surface area contributed by atoms with Crippen LogP contribution in [0.2, 0.25) is 0 Å². The highest BCUT2D eigenvalue weighted by Gasteiger charge is 2.19. The van der Waals surface area contributed by atoms with Gasteiger partial charge in [-0.3, -0.25) is 0 Å². The second-order valence-corrected chi connectivity index (χ2v) is 7.65. The quantitative estimate of drug-likeness (QED) is 0.705. The molecule has 0 saturated heterocycles. The normalized spacial score (nSPS) is 16.5.